The van der Waals surface area contributed by atoms with E-state index in [1.54, 1.807) is 4.90 Å². The number of rotatable bonds is 4. The summed E-state index contributed by atoms with van der Waals surface area (Å²) < 4.78 is 23.9. The molecule has 0 radical (unpaired) electrons. The first-order valence-corrected chi connectivity index (χ1v) is 10.5. The predicted octanol–water partition coefficient (Wildman–Crippen LogP) is 1.46. The molecule has 2 heterocycles. The largest absolute Gasteiger partial charge is 0.481 e. The Morgan fingerprint density at radius 2 is 1.92 bits per heavy atom. The van der Waals surface area contributed by atoms with E-state index >= 15 is 0 Å². The Kier molecular flexibility index (Phi) is 4.88. The van der Waals surface area contributed by atoms with E-state index in [0.29, 0.717) is 5.17 Å². The molecule has 2 aliphatic heterocycles. The van der Waals surface area contributed by atoms with E-state index in [0.717, 1.165) is 11.3 Å². The molecular weight excluding hydrogens is 364 g/mol. The second-order valence-electron chi connectivity index (χ2n) is 6.19. The molecule has 0 unspecified atom stereocenters. The van der Waals surface area contributed by atoms with Gasteiger partial charge in [-0.1, -0.05) is 29.5 Å². The number of sulfone groups is 1. The molecule has 1 amide bonds. The second kappa shape index (κ2) is 6.80. The van der Waals surface area contributed by atoms with Crippen molar-refractivity contribution in [3.05, 3.63) is 29.8 Å². The maximum Gasteiger partial charge on any atom is 0.303 e. The van der Waals surface area contributed by atoms with E-state index in [2.05, 4.69) is 4.99 Å². The van der Waals surface area contributed by atoms with Gasteiger partial charge in [0.15, 0.2) is 15.0 Å². The van der Waals surface area contributed by atoms with Crippen molar-refractivity contribution in [2.75, 3.05) is 16.4 Å². The van der Waals surface area contributed by atoms with Crippen LogP contribution in [0, 0.1) is 6.92 Å². The standard InChI is InChI=1S/C16H18N2O5S2/c1-10-2-4-11(5-3-10)18-12-8-25(22,23)9-13(12)24-16(18)17-14(19)6-7-15(20)21/h2-5,12-13H,6-9H2,1H3,(H,20,21)/t12-,13-/m1/s1. The van der Waals surface area contributed by atoms with E-state index in [-0.39, 0.29) is 35.6 Å². The van der Waals surface area contributed by atoms with Crippen LogP contribution in [0.3, 0.4) is 0 Å². The summed E-state index contributed by atoms with van der Waals surface area (Å²) in [5, 5.41) is 8.96. The Bertz CT molecular complexity index is 833. The maximum absolute atomic E-state index is 12.0. The molecule has 134 valence electrons. The number of carbonyl (C=O) groups excluding carboxylic acids is 1. The van der Waals surface area contributed by atoms with E-state index in [4.69, 9.17) is 5.11 Å². The fourth-order valence-electron chi connectivity index (χ4n) is 2.95. The normalized spacial score (nSPS) is 26.0. The Morgan fingerprint density at radius 1 is 1.24 bits per heavy atom. The zero-order valence-corrected chi connectivity index (χ0v) is 15.2. The lowest BCUT2D eigenvalue weighted by molar-refractivity contribution is -0.138. The quantitative estimate of drug-likeness (QED) is 0.840. The van der Waals surface area contributed by atoms with Crippen molar-refractivity contribution in [3.63, 3.8) is 0 Å². The minimum absolute atomic E-state index is 0.0287. The summed E-state index contributed by atoms with van der Waals surface area (Å²) in [6, 6.07) is 7.33. The average molecular weight is 382 g/mol. The highest BCUT2D eigenvalue weighted by molar-refractivity contribution is 8.16. The van der Waals surface area contributed by atoms with Crippen LogP contribution >= 0.6 is 11.8 Å². The van der Waals surface area contributed by atoms with Gasteiger partial charge in [0.1, 0.15) is 0 Å². The summed E-state index contributed by atoms with van der Waals surface area (Å²) in [5.41, 5.74) is 1.86. The number of carbonyl (C=O) groups is 2. The topological polar surface area (TPSA) is 104 Å². The molecule has 9 heteroatoms. The zero-order chi connectivity index (χ0) is 18.2. The molecule has 2 atom stereocenters. The third kappa shape index (κ3) is 4.04. The van der Waals surface area contributed by atoms with Gasteiger partial charge in [-0.15, -0.1) is 0 Å². The predicted molar refractivity (Wildman–Crippen MR) is 96.8 cm³/mol. The van der Waals surface area contributed by atoms with Gasteiger partial charge in [-0.05, 0) is 19.1 Å². The summed E-state index contributed by atoms with van der Waals surface area (Å²) in [4.78, 5) is 28.4. The molecule has 3 rings (SSSR count). The minimum Gasteiger partial charge on any atom is -0.481 e. The molecule has 0 aliphatic carbocycles. The highest BCUT2D eigenvalue weighted by Gasteiger charge is 2.49. The number of hydrogen-bond donors (Lipinski definition) is 1. The van der Waals surface area contributed by atoms with Crippen LogP contribution in [0.5, 0.6) is 0 Å². The number of thioether (sulfide) groups is 1. The Labute approximate surface area is 150 Å². The molecule has 2 fully saturated rings. The molecule has 1 aromatic rings. The Balaban J connectivity index is 1.90. The van der Waals surface area contributed by atoms with Crippen LogP contribution in [0.2, 0.25) is 0 Å². The van der Waals surface area contributed by atoms with Crippen molar-refractivity contribution in [2.24, 2.45) is 4.99 Å². The van der Waals surface area contributed by atoms with Gasteiger partial charge in [0.25, 0.3) is 0 Å². The first-order chi connectivity index (χ1) is 11.7. The smallest absolute Gasteiger partial charge is 0.303 e. The molecule has 1 N–H and O–H groups in total. The van der Waals surface area contributed by atoms with Crippen LogP contribution in [0.25, 0.3) is 0 Å². The van der Waals surface area contributed by atoms with Crippen LogP contribution in [0.4, 0.5) is 5.69 Å². The van der Waals surface area contributed by atoms with E-state index in [1.165, 1.54) is 11.8 Å². The summed E-state index contributed by atoms with van der Waals surface area (Å²) in [6.45, 7) is 1.95. The van der Waals surface area contributed by atoms with Gasteiger partial charge in [0, 0.05) is 17.4 Å². The molecule has 0 bridgehead atoms. The fourth-order valence-corrected chi connectivity index (χ4v) is 6.88. The van der Waals surface area contributed by atoms with Crippen LogP contribution < -0.4 is 4.90 Å². The highest BCUT2D eigenvalue weighted by Crippen LogP contribution is 2.41. The number of hydrogen-bond acceptors (Lipinski definition) is 5. The second-order valence-corrected chi connectivity index (χ2v) is 9.55. The van der Waals surface area contributed by atoms with E-state index in [1.807, 2.05) is 31.2 Å². The SMILES string of the molecule is Cc1ccc(N2C(=NC(=O)CCC(=O)O)S[C@@H]3CS(=O)(=O)C[C@H]32)cc1. The molecule has 0 saturated carbocycles. The molecule has 0 aromatic heterocycles. The maximum atomic E-state index is 12.0. The third-order valence-electron chi connectivity index (χ3n) is 4.15. The lowest BCUT2D eigenvalue weighted by Gasteiger charge is -2.24. The molecule has 0 spiro atoms. The molecule has 2 saturated heterocycles. The van der Waals surface area contributed by atoms with Crippen molar-refractivity contribution in [3.8, 4) is 0 Å². The first-order valence-electron chi connectivity index (χ1n) is 7.81. The Morgan fingerprint density at radius 3 is 2.56 bits per heavy atom. The van der Waals surface area contributed by atoms with Crippen molar-refractivity contribution in [2.45, 2.75) is 31.1 Å². The van der Waals surface area contributed by atoms with Crippen molar-refractivity contribution >= 4 is 44.3 Å². The van der Waals surface area contributed by atoms with Crippen LogP contribution in [0.15, 0.2) is 29.3 Å². The van der Waals surface area contributed by atoms with Crippen LogP contribution in [-0.4, -0.2) is 53.4 Å². The molecular formula is C16H18N2O5S2. The van der Waals surface area contributed by atoms with Crippen molar-refractivity contribution in [1.29, 1.82) is 0 Å². The van der Waals surface area contributed by atoms with Gasteiger partial charge in [-0.25, -0.2) is 8.42 Å². The number of amides is 1. The number of aryl methyl sites for hydroxylation is 1. The monoisotopic (exact) mass is 382 g/mol. The number of carboxylic acids is 1. The van der Waals surface area contributed by atoms with Gasteiger partial charge in [-0.3, -0.25) is 9.59 Å². The zero-order valence-electron chi connectivity index (χ0n) is 13.6. The lowest BCUT2D eigenvalue weighted by atomic mass is 10.1. The molecule has 1 aromatic carbocycles. The number of amidine groups is 1. The molecule has 25 heavy (non-hydrogen) atoms. The number of nitrogens with zero attached hydrogens (tertiary/aromatic N) is 2. The number of fused-ring (bicyclic) bond motifs is 1. The van der Waals surface area contributed by atoms with Gasteiger partial charge >= 0.3 is 5.97 Å². The number of benzene rings is 1. The Hall–Kier alpha value is -1.87. The van der Waals surface area contributed by atoms with E-state index in [9.17, 15) is 18.0 Å². The van der Waals surface area contributed by atoms with Crippen molar-refractivity contribution < 1.29 is 23.1 Å². The average Bonchev–Trinajstić information content (AvgIpc) is 2.97. The summed E-state index contributed by atoms with van der Waals surface area (Å²) in [6.07, 6.45) is -0.444. The van der Waals surface area contributed by atoms with Gasteiger partial charge < -0.3 is 10.0 Å². The molecule has 2 aliphatic rings. The third-order valence-corrected chi connectivity index (χ3v) is 7.36. The lowest BCUT2D eigenvalue weighted by Crippen LogP contribution is -2.37. The number of anilines is 1. The number of carboxylic acid groups (broad SMARTS) is 1. The van der Waals surface area contributed by atoms with Crippen LogP contribution in [-0.2, 0) is 19.4 Å². The first kappa shape index (κ1) is 17.9. The van der Waals surface area contributed by atoms with Crippen LogP contribution in [0.1, 0.15) is 18.4 Å². The highest BCUT2D eigenvalue weighted by atomic mass is 32.2. The van der Waals surface area contributed by atoms with Gasteiger partial charge in [0.2, 0.25) is 5.91 Å². The fraction of sp³-hybridized carbons (Fsp3) is 0.438. The molecule has 7 nitrogen and oxygen atoms in total. The van der Waals surface area contributed by atoms with Gasteiger partial charge in [-0.2, -0.15) is 4.99 Å². The summed E-state index contributed by atoms with van der Waals surface area (Å²) in [5.74, 6) is -1.47. The van der Waals surface area contributed by atoms with Gasteiger partial charge in [0.05, 0.1) is 24.0 Å². The minimum atomic E-state index is -3.11. The van der Waals surface area contributed by atoms with Crippen molar-refractivity contribution in [1.82, 2.24) is 0 Å². The van der Waals surface area contributed by atoms with E-state index < -0.39 is 21.7 Å². The summed E-state index contributed by atoms with van der Waals surface area (Å²) in [7, 11) is -3.11. The summed E-state index contributed by atoms with van der Waals surface area (Å²) >= 11 is 1.28. The number of aliphatic carboxylic acids is 1. The number of aliphatic imine (C=N–C) groups is 1.